The van der Waals surface area contributed by atoms with Gasteiger partial charge in [-0.1, -0.05) is 6.07 Å². The van der Waals surface area contributed by atoms with E-state index in [0.29, 0.717) is 28.2 Å². The molecule has 1 aromatic heterocycles. The number of hydrogen-bond acceptors (Lipinski definition) is 6. The molecular formula is C21H21N3O5S. The van der Waals surface area contributed by atoms with Gasteiger partial charge in [-0.15, -0.1) is 0 Å². The van der Waals surface area contributed by atoms with Gasteiger partial charge in [-0.25, -0.2) is 17.9 Å². The molecule has 0 aliphatic carbocycles. The first-order valence-corrected chi connectivity index (χ1v) is 11.0. The summed E-state index contributed by atoms with van der Waals surface area (Å²) in [6.45, 7) is 3.77. The van der Waals surface area contributed by atoms with Gasteiger partial charge in [0, 0.05) is 17.5 Å². The van der Waals surface area contributed by atoms with E-state index in [1.54, 1.807) is 42.8 Å². The second-order valence-electron chi connectivity index (χ2n) is 6.58. The van der Waals surface area contributed by atoms with Gasteiger partial charge >= 0.3 is 5.97 Å². The lowest BCUT2D eigenvalue weighted by atomic mass is 10.2. The van der Waals surface area contributed by atoms with Crippen LogP contribution in [0.4, 0.5) is 5.69 Å². The summed E-state index contributed by atoms with van der Waals surface area (Å²) < 4.78 is 29.7. The second-order valence-corrected chi connectivity index (χ2v) is 8.59. The van der Waals surface area contributed by atoms with Crippen molar-refractivity contribution in [2.45, 2.75) is 18.7 Å². The molecule has 156 valence electrons. The van der Waals surface area contributed by atoms with E-state index < -0.39 is 15.8 Å². The highest BCUT2D eigenvalue weighted by Gasteiger charge is 2.16. The fraction of sp³-hybridized carbons (Fsp3) is 0.190. The summed E-state index contributed by atoms with van der Waals surface area (Å²) in [4.78, 5) is 24.7. The summed E-state index contributed by atoms with van der Waals surface area (Å²) in [5, 5.41) is 7.02. The SMILES string of the molecule is CCOC(=O)c1cnn(-c2cccc(NC(=O)c3ccc(S(C)(=O)=O)cc3)c2)c1C. The summed E-state index contributed by atoms with van der Waals surface area (Å²) in [6.07, 6.45) is 2.56. The van der Waals surface area contributed by atoms with Crippen molar-refractivity contribution in [3.63, 3.8) is 0 Å². The normalized spacial score (nSPS) is 11.2. The van der Waals surface area contributed by atoms with Gasteiger partial charge in [-0.3, -0.25) is 4.79 Å². The third kappa shape index (κ3) is 4.57. The molecular weight excluding hydrogens is 406 g/mol. The van der Waals surface area contributed by atoms with Gasteiger partial charge < -0.3 is 10.1 Å². The Morgan fingerprint density at radius 3 is 2.47 bits per heavy atom. The Bertz CT molecular complexity index is 1200. The molecule has 8 nitrogen and oxygen atoms in total. The van der Waals surface area contributed by atoms with Crippen molar-refractivity contribution in [2.24, 2.45) is 0 Å². The molecule has 0 fully saturated rings. The Labute approximate surface area is 174 Å². The van der Waals surface area contributed by atoms with E-state index in [0.717, 1.165) is 6.26 Å². The molecule has 0 aliphatic rings. The summed E-state index contributed by atoms with van der Waals surface area (Å²) in [5.41, 5.74) is 2.50. The van der Waals surface area contributed by atoms with Crippen LogP contribution in [0.1, 0.15) is 33.3 Å². The fourth-order valence-corrected chi connectivity index (χ4v) is 3.48. The van der Waals surface area contributed by atoms with Gasteiger partial charge in [0.2, 0.25) is 0 Å². The number of aromatic nitrogens is 2. The zero-order valence-electron chi connectivity index (χ0n) is 16.7. The van der Waals surface area contributed by atoms with Crippen LogP contribution in [0.25, 0.3) is 5.69 Å². The lowest BCUT2D eigenvalue weighted by molar-refractivity contribution is 0.0525. The lowest BCUT2D eigenvalue weighted by Crippen LogP contribution is -2.12. The van der Waals surface area contributed by atoms with E-state index in [1.807, 2.05) is 0 Å². The van der Waals surface area contributed by atoms with E-state index in [4.69, 9.17) is 4.74 Å². The van der Waals surface area contributed by atoms with Crippen LogP contribution < -0.4 is 5.32 Å². The van der Waals surface area contributed by atoms with Crippen molar-refractivity contribution in [2.75, 3.05) is 18.2 Å². The number of esters is 1. The molecule has 0 spiro atoms. The molecule has 9 heteroatoms. The Morgan fingerprint density at radius 1 is 1.13 bits per heavy atom. The molecule has 0 bridgehead atoms. The molecule has 0 saturated carbocycles. The van der Waals surface area contributed by atoms with Crippen LogP contribution in [-0.2, 0) is 14.6 Å². The van der Waals surface area contributed by atoms with E-state index in [9.17, 15) is 18.0 Å². The van der Waals surface area contributed by atoms with Crippen molar-refractivity contribution in [1.82, 2.24) is 9.78 Å². The maximum atomic E-state index is 12.5. The number of benzene rings is 2. The minimum absolute atomic E-state index is 0.146. The third-order valence-electron chi connectivity index (χ3n) is 4.40. The molecule has 3 aromatic rings. The lowest BCUT2D eigenvalue weighted by Gasteiger charge is -2.10. The average molecular weight is 427 g/mol. The number of carbonyl (C=O) groups excluding carboxylic acids is 2. The van der Waals surface area contributed by atoms with Crippen LogP contribution in [0.2, 0.25) is 0 Å². The maximum Gasteiger partial charge on any atom is 0.341 e. The van der Waals surface area contributed by atoms with E-state index in [2.05, 4.69) is 10.4 Å². The van der Waals surface area contributed by atoms with Gasteiger partial charge in [0.25, 0.3) is 5.91 Å². The highest BCUT2D eigenvalue weighted by Crippen LogP contribution is 2.19. The zero-order chi connectivity index (χ0) is 21.9. The van der Waals surface area contributed by atoms with Crippen LogP contribution in [-0.4, -0.2) is 42.9 Å². The van der Waals surface area contributed by atoms with Crippen LogP contribution in [0.15, 0.2) is 59.6 Å². The first-order valence-electron chi connectivity index (χ1n) is 9.14. The molecule has 30 heavy (non-hydrogen) atoms. The number of carbonyl (C=O) groups is 2. The number of hydrogen-bond donors (Lipinski definition) is 1. The van der Waals surface area contributed by atoms with Crippen molar-refractivity contribution in [3.8, 4) is 5.69 Å². The van der Waals surface area contributed by atoms with Crippen LogP contribution in [0, 0.1) is 6.92 Å². The van der Waals surface area contributed by atoms with Crippen LogP contribution in [0.5, 0.6) is 0 Å². The van der Waals surface area contributed by atoms with E-state index in [-0.39, 0.29) is 17.4 Å². The number of sulfone groups is 1. The largest absolute Gasteiger partial charge is 0.462 e. The van der Waals surface area contributed by atoms with Gasteiger partial charge in [0.1, 0.15) is 5.56 Å². The van der Waals surface area contributed by atoms with Crippen LogP contribution in [0.3, 0.4) is 0 Å². The standard InChI is InChI=1S/C21H21N3O5S/c1-4-29-21(26)19-13-22-24(14(19)2)17-7-5-6-16(12-17)23-20(25)15-8-10-18(11-9-15)30(3,27)28/h5-13H,4H2,1-3H3,(H,23,25). The molecule has 2 aromatic carbocycles. The predicted octanol–water partition coefficient (Wildman–Crippen LogP) is 3.01. The van der Waals surface area contributed by atoms with Crippen molar-refractivity contribution < 1.29 is 22.7 Å². The number of nitrogens with one attached hydrogen (secondary N) is 1. The van der Waals surface area contributed by atoms with Crippen LogP contribution >= 0.6 is 0 Å². The van der Waals surface area contributed by atoms with Crippen molar-refractivity contribution in [3.05, 3.63) is 71.5 Å². The Kier molecular flexibility index (Phi) is 6.02. The monoisotopic (exact) mass is 427 g/mol. The quantitative estimate of drug-likeness (QED) is 0.606. The molecule has 1 amide bonds. The second kappa shape index (κ2) is 8.50. The number of rotatable bonds is 6. The smallest absolute Gasteiger partial charge is 0.341 e. The number of anilines is 1. The Morgan fingerprint density at radius 2 is 1.83 bits per heavy atom. The van der Waals surface area contributed by atoms with Crippen molar-refractivity contribution >= 4 is 27.4 Å². The Balaban J connectivity index is 1.81. The van der Waals surface area contributed by atoms with Gasteiger partial charge in [0.15, 0.2) is 9.84 Å². The molecule has 0 atom stereocenters. The number of amides is 1. The van der Waals surface area contributed by atoms with E-state index >= 15 is 0 Å². The molecule has 1 N–H and O–H groups in total. The summed E-state index contributed by atoms with van der Waals surface area (Å²) in [7, 11) is -3.33. The summed E-state index contributed by atoms with van der Waals surface area (Å²) in [5.74, 6) is -0.820. The molecule has 0 saturated heterocycles. The highest BCUT2D eigenvalue weighted by atomic mass is 32.2. The first kappa shape index (κ1) is 21.3. The third-order valence-corrected chi connectivity index (χ3v) is 5.53. The predicted molar refractivity (Wildman–Crippen MR) is 112 cm³/mol. The summed E-state index contributed by atoms with van der Waals surface area (Å²) >= 11 is 0. The minimum Gasteiger partial charge on any atom is -0.462 e. The fourth-order valence-electron chi connectivity index (χ4n) is 2.85. The first-order chi connectivity index (χ1) is 14.2. The zero-order valence-corrected chi connectivity index (χ0v) is 17.6. The van der Waals surface area contributed by atoms with Crippen molar-refractivity contribution in [1.29, 1.82) is 0 Å². The average Bonchev–Trinajstić information content (AvgIpc) is 3.09. The molecule has 0 aliphatic heterocycles. The molecule has 3 rings (SSSR count). The highest BCUT2D eigenvalue weighted by molar-refractivity contribution is 7.90. The number of ether oxygens (including phenoxy) is 1. The van der Waals surface area contributed by atoms with E-state index in [1.165, 1.54) is 30.5 Å². The minimum atomic E-state index is -3.33. The van der Waals surface area contributed by atoms with Gasteiger partial charge in [0.05, 0.1) is 29.1 Å². The summed E-state index contributed by atoms with van der Waals surface area (Å²) in [6, 6.07) is 12.7. The number of nitrogens with zero attached hydrogens (tertiary/aromatic N) is 2. The van der Waals surface area contributed by atoms with Gasteiger partial charge in [-0.05, 0) is 56.3 Å². The van der Waals surface area contributed by atoms with Gasteiger partial charge in [-0.2, -0.15) is 5.10 Å². The Hall–Kier alpha value is -3.46. The maximum absolute atomic E-state index is 12.5. The molecule has 0 radical (unpaired) electrons. The topological polar surface area (TPSA) is 107 Å². The molecule has 0 unspecified atom stereocenters. The molecule has 1 heterocycles.